The van der Waals surface area contributed by atoms with E-state index < -0.39 is 5.82 Å². The first kappa shape index (κ1) is 21.8. The summed E-state index contributed by atoms with van der Waals surface area (Å²) in [6.07, 6.45) is 4.35. The number of hydrogen-bond donors (Lipinski definition) is 1. The van der Waals surface area contributed by atoms with Gasteiger partial charge in [-0.05, 0) is 61.8 Å². The second-order valence-electron chi connectivity index (χ2n) is 10.6. The van der Waals surface area contributed by atoms with E-state index in [0.717, 1.165) is 36.1 Å². The van der Waals surface area contributed by atoms with Crippen LogP contribution < -0.4 is 10.5 Å². The second-order valence-corrected chi connectivity index (χ2v) is 10.6. The maximum atomic E-state index is 15.5. The highest BCUT2D eigenvalue weighted by Gasteiger charge is 2.47. The van der Waals surface area contributed by atoms with Crippen molar-refractivity contribution in [3.8, 4) is 17.4 Å². The molecule has 3 aliphatic rings. The number of nitrogens with two attached hydrogens (primary N) is 1. The van der Waals surface area contributed by atoms with E-state index in [1.165, 1.54) is 18.9 Å². The van der Waals surface area contributed by atoms with E-state index in [-0.39, 0.29) is 18.0 Å². The van der Waals surface area contributed by atoms with Gasteiger partial charge in [0, 0.05) is 49.2 Å². The van der Waals surface area contributed by atoms with Gasteiger partial charge < -0.3 is 24.5 Å². The average molecular weight is 489 g/mol. The van der Waals surface area contributed by atoms with Crippen LogP contribution in [0, 0.1) is 17.7 Å². The van der Waals surface area contributed by atoms with Crippen molar-refractivity contribution >= 4 is 28.0 Å². The number of methoxy groups -OCH3 is 1. The Balaban J connectivity index is 1.33. The number of halogens is 1. The number of piperidine rings is 1. The molecule has 0 radical (unpaired) electrons. The van der Waals surface area contributed by atoms with Crippen LogP contribution in [-0.4, -0.2) is 55.6 Å². The van der Waals surface area contributed by atoms with Crippen LogP contribution in [-0.2, 0) is 13.6 Å². The number of fused-ring (bicyclic) bond motifs is 4. The zero-order valence-electron chi connectivity index (χ0n) is 20.4. The number of aryl methyl sites for hydroxylation is 1. The Morgan fingerprint density at radius 3 is 2.69 bits per heavy atom. The fourth-order valence-electron chi connectivity index (χ4n) is 6.25. The van der Waals surface area contributed by atoms with E-state index in [4.69, 9.17) is 20.4 Å². The van der Waals surface area contributed by atoms with E-state index in [1.54, 1.807) is 17.7 Å². The lowest BCUT2D eigenvalue weighted by molar-refractivity contribution is 0.0700. The van der Waals surface area contributed by atoms with Crippen molar-refractivity contribution in [1.29, 1.82) is 0 Å². The number of hydrogen-bond acceptors (Lipinski definition) is 5. The van der Waals surface area contributed by atoms with Crippen molar-refractivity contribution in [2.75, 3.05) is 13.7 Å². The van der Waals surface area contributed by atoms with Crippen LogP contribution >= 0.6 is 0 Å². The van der Waals surface area contributed by atoms with Gasteiger partial charge in [0.1, 0.15) is 17.0 Å². The zero-order valence-corrected chi connectivity index (χ0v) is 20.4. The van der Waals surface area contributed by atoms with Crippen LogP contribution in [0.15, 0.2) is 30.3 Å². The molecule has 3 aromatic heterocycles. The minimum absolute atomic E-state index is 0.0181. The molecule has 4 aromatic rings. The Hall–Kier alpha value is -3.46. The Kier molecular flexibility index (Phi) is 4.70. The van der Waals surface area contributed by atoms with Crippen molar-refractivity contribution in [3.05, 3.63) is 41.7 Å². The molecule has 1 aromatic carbocycles. The van der Waals surface area contributed by atoms with Crippen LogP contribution in [0.25, 0.3) is 33.6 Å². The lowest BCUT2D eigenvalue weighted by Gasteiger charge is -2.27. The van der Waals surface area contributed by atoms with Crippen LogP contribution in [0.2, 0.25) is 0 Å². The third-order valence-corrected chi connectivity index (χ3v) is 8.38. The van der Waals surface area contributed by atoms with Gasteiger partial charge in [0.2, 0.25) is 5.88 Å². The van der Waals surface area contributed by atoms with Crippen molar-refractivity contribution in [2.45, 2.75) is 44.3 Å². The van der Waals surface area contributed by atoms with Gasteiger partial charge in [0.05, 0.1) is 18.3 Å². The van der Waals surface area contributed by atoms with Gasteiger partial charge in [-0.2, -0.15) is 4.98 Å². The van der Waals surface area contributed by atoms with Gasteiger partial charge >= 0.3 is 0 Å². The molecular formula is C27H29FN6O2. The first-order valence-electron chi connectivity index (χ1n) is 12.7. The number of aromatic nitrogens is 4. The summed E-state index contributed by atoms with van der Waals surface area (Å²) in [4.78, 5) is 24.7. The predicted molar refractivity (Wildman–Crippen MR) is 134 cm³/mol. The quantitative estimate of drug-likeness (QED) is 0.463. The summed E-state index contributed by atoms with van der Waals surface area (Å²) in [7, 11) is 3.43. The number of imidazole rings is 1. The molecule has 4 heterocycles. The number of rotatable bonds is 5. The summed E-state index contributed by atoms with van der Waals surface area (Å²) in [6.45, 7) is 1.47. The highest BCUT2D eigenvalue weighted by atomic mass is 19.1. The van der Waals surface area contributed by atoms with E-state index >= 15 is 4.39 Å². The fourth-order valence-corrected chi connectivity index (χ4v) is 6.25. The Morgan fingerprint density at radius 2 is 2.00 bits per heavy atom. The summed E-state index contributed by atoms with van der Waals surface area (Å²) in [6, 6.07) is 9.02. The molecule has 2 N–H and O–H groups in total. The lowest BCUT2D eigenvalue weighted by atomic mass is 10.1. The topological polar surface area (TPSA) is 91.2 Å². The molecule has 186 valence electrons. The van der Waals surface area contributed by atoms with Crippen molar-refractivity contribution in [2.24, 2.45) is 24.6 Å². The molecule has 1 aliphatic heterocycles. The van der Waals surface area contributed by atoms with Crippen molar-refractivity contribution in [1.82, 2.24) is 24.0 Å². The molecule has 0 spiro atoms. The summed E-state index contributed by atoms with van der Waals surface area (Å²) in [5, 5.41) is 0.982. The smallest absolute Gasteiger partial charge is 0.254 e. The maximum Gasteiger partial charge on any atom is 0.254 e. The van der Waals surface area contributed by atoms with Gasteiger partial charge in [0.25, 0.3) is 5.91 Å². The fraction of sp³-hybridized carbons (Fsp3) is 0.444. The molecule has 7 rings (SSSR count). The number of amides is 1. The second kappa shape index (κ2) is 7.77. The normalized spacial score (nSPS) is 23.3. The molecule has 1 saturated heterocycles. The van der Waals surface area contributed by atoms with Gasteiger partial charge in [-0.1, -0.05) is 0 Å². The van der Waals surface area contributed by atoms with Crippen LogP contribution in [0.1, 0.15) is 36.0 Å². The minimum Gasteiger partial charge on any atom is -0.481 e. The number of benzene rings is 1. The third-order valence-electron chi connectivity index (χ3n) is 8.38. The first-order valence-corrected chi connectivity index (χ1v) is 12.7. The minimum atomic E-state index is -0.449. The van der Waals surface area contributed by atoms with Gasteiger partial charge in [-0.25, -0.2) is 9.37 Å². The number of ether oxygens (including phenoxy) is 1. The van der Waals surface area contributed by atoms with E-state index in [2.05, 4.69) is 10.6 Å². The van der Waals surface area contributed by atoms with Gasteiger partial charge in [0.15, 0.2) is 5.82 Å². The summed E-state index contributed by atoms with van der Waals surface area (Å²) >= 11 is 0. The molecule has 2 bridgehead atoms. The predicted octanol–water partition coefficient (Wildman–Crippen LogP) is 3.71. The summed E-state index contributed by atoms with van der Waals surface area (Å²) in [5.41, 5.74) is 9.20. The Bertz CT molecular complexity index is 1540. The molecule has 9 heteroatoms. The van der Waals surface area contributed by atoms with Crippen LogP contribution in [0.3, 0.4) is 0 Å². The number of carbonyl (C=O) groups excluding carboxylic acids is 1. The molecule has 1 amide bonds. The average Bonchev–Trinajstić information content (AvgIpc) is 3.28. The molecule has 0 unspecified atom stereocenters. The molecular weight excluding hydrogens is 459 g/mol. The number of likely N-dealkylation sites (tertiary alicyclic amines) is 1. The highest BCUT2D eigenvalue weighted by molar-refractivity contribution is 5.98. The number of carbonyl (C=O) groups is 1. The molecule has 8 nitrogen and oxygen atoms in total. The largest absolute Gasteiger partial charge is 0.481 e. The maximum absolute atomic E-state index is 15.5. The van der Waals surface area contributed by atoms with E-state index in [1.807, 2.05) is 24.1 Å². The van der Waals surface area contributed by atoms with Crippen LogP contribution in [0.5, 0.6) is 5.88 Å². The zero-order chi connectivity index (χ0) is 24.7. The van der Waals surface area contributed by atoms with Crippen molar-refractivity contribution < 1.29 is 13.9 Å². The molecule has 2 aliphatic carbocycles. The van der Waals surface area contributed by atoms with Gasteiger partial charge in [-0.3, -0.25) is 4.79 Å². The Labute approximate surface area is 207 Å². The standard InChI is InChI=1S/C27H29FN6O2/c1-32-24-18(28)9-17(27(35)34-13-16-5-7-20(34)23(16)29)10-19(24)30-26(32)21-11-15-6-8-22(36-2)31-25(15)33(21)12-14-3-4-14/h6,8-11,14,16,20,23H,3-5,7,12-13,29H2,1-2H3/t16-,20-,23-/m1/s1. The van der Waals surface area contributed by atoms with E-state index in [9.17, 15) is 4.79 Å². The summed E-state index contributed by atoms with van der Waals surface area (Å²) in [5.74, 6) is 1.53. The monoisotopic (exact) mass is 488 g/mol. The lowest BCUT2D eigenvalue weighted by Crippen LogP contribution is -2.41. The highest BCUT2D eigenvalue weighted by Crippen LogP contribution is 2.39. The molecule has 2 saturated carbocycles. The number of pyridine rings is 1. The molecule has 36 heavy (non-hydrogen) atoms. The van der Waals surface area contributed by atoms with Crippen LogP contribution in [0.4, 0.5) is 4.39 Å². The van der Waals surface area contributed by atoms with Gasteiger partial charge in [-0.15, -0.1) is 0 Å². The molecule has 3 fully saturated rings. The first-order chi connectivity index (χ1) is 17.4. The van der Waals surface area contributed by atoms with E-state index in [0.29, 0.717) is 46.7 Å². The number of nitrogens with zero attached hydrogens (tertiary/aromatic N) is 5. The summed E-state index contributed by atoms with van der Waals surface area (Å²) < 4.78 is 24.8. The third kappa shape index (κ3) is 3.18. The van der Waals surface area contributed by atoms with Crippen molar-refractivity contribution in [3.63, 3.8) is 0 Å². The molecule has 3 atom stereocenters. The SMILES string of the molecule is COc1ccc2cc(-c3nc4cc(C(=O)N5C[C@H]6CC[C@@H]5[C@@H]6N)cc(F)c4n3C)n(CC3CC3)c2n1. The Morgan fingerprint density at radius 1 is 1.17 bits per heavy atom.